The first-order valence-corrected chi connectivity index (χ1v) is 8.51. The average Bonchev–Trinajstić information content (AvgIpc) is 2.98. The minimum atomic E-state index is 0.151. The second-order valence-corrected chi connectivity index (χ2v) is 6.87. The second kappa shape index (κ2) is 6.67. The normalized spacial score (nSPS) is 15.2. The summed E-state index contributed by atoms with van der Waals surface area (Å²) in [5.41, 5.74) is 1.13. The third kappa shape index (κ3) is 3.42. The second-order valence-electron chi connectivity index (χ2n) is 5.37. The van der Waals surface area contributed by atoms with Gasteiger partial charge < -0.3 is 9.80 Å². The monoisotopic (exact) mass is 335 g/mol. The Morgan fingerprint density at radius 1 is 1.27 bits per heavy atom. The highest BCUT2D eigenvalue weighted by molar-refractivity contribution is 7.15. The smallest absolute Gasteiger partial charge is 0.219 e. The number of benzene rings is 1. The van der Waals surface area contributed by atoms with E-state index in [9.17, 15) is 4.79 Å². The molecule has 116 valence electrons. The number of anilines is 1. The van der Waals surface area contributed by atoms with E-state index in [-0.39, 0.29) is 5.91 Å². The number of carbonyl (C=O) groups is 1. The highest BCUT2D eigenvalue weighted by Crippen LogP contribution is 2.27. The summed E-state index contributed by atoms with van der Waals surface area (Å²) in [6, 6.07) is 7.91. The molecular weight excluding hydrogens is 318 g/mol. The number of aromatic nitrogens is 1. The molecule has 1 saturated heterocycles. The van der Waals surface area contributed by atoms with Crippen molar-refractivity contribution in [3.05, 3.63) is 45.9 Å². The van der Waals surface area contributed by atoms with Crippen molar-refractivity contribution in [2.24, 2.45) is 0 Å². The first-order chi connectivity index (χ1) is 10.6. The summed E-state index contributed by atoms with van der Waals surface area (Å²) in [6.07, 6.45) is 2.74. The number of thiazole rings is 1. The Morgan fingerprint density at radius 3 is 2.68 bits per heavy atom. The molecule has 1 aromatic heterocycles. The van der Waals surface area contributed by atoms with Crippen molar-refractivity contribution in [3.63, 3.8) is 0 Å². The SMILES string of the molecule is CC(=O)N1CCN(c2ncc(Cc3ccccc3Cl)s2)CC1. The molecule has 1 fully saturated rings. The molecule has 0 radical (unpaired) electrons. The molecule has 1 aliphatic rings. The van der Waals surface area contributed by atoms with Gasteiger partial charge in [-0.05, 0) is 11.6 Å². The molecule has 0 spiro atoms. The van der Waals surface area contributed by atoms with E-state index < -0.39 is 0 Å². The van der Waals surface area contributed by atoms with Crippen LogP contribution in [-0.4, -0.2) is 42.0 Å². The van der Waals surface area contributed by atoms with Crippen molar-refractivity contribution in [3.8, 4) is 0 Å². The lowest BCUT2D eigenvalue weighted by atomic mass is 10.1. The third-order valence-electron chi connectivity index (χ3n) is 3.86. The Labute approximate surface area is 139 Å². The fourth-order valence-corrected chi connectivity index (χ4v) is 3.75. The lowest BCUT2D eigenvalue weighted by Crippen LogP contribution is -2.48. The molecule has 4 nitrogen and oxygen atoms in total. The zero-order chi connectivity index (χ0) is 15.5. The Morgan fingerprint density at radius 2 is 2.00 bits per heavy atom. The van der Waals surface area contributed by atoms with Crippen LogP contribution in [0.5, 0.6) is 0 Å². The summed E-state index contributed by atoms with van der Waals surface area (Å²) in [6.45, 7) is 4.86. The van der Waals surface area contributed by atoms with Crippen LogP contribution < -0.4 is 4.90 Å². The van der Waals surface area contributed by atoms with E-state index in [1.54, 1.807) is 18.3 Å². The van der Waals surface area contributed by atoms with Crippen LogP contribution in [0.25, 0.3) is 0 Å². The number of halogens is 1. The summed E-state index contributed by atoms with van der Waals surface area (Å²) in [7, 11) is 0. The van der Waals surface area contributed by atoms with Gasteiger partial charge in [0.2, 0.25) is 5.91 Å². The van der Waals surface area contributed by atoms with E-state index in [0.717, 1.165) is 48.3 Å². The van der Waals surface area contributed by atoms with Gasteiger partial charge in [-0.2, -0.15) is 0 Å². The van der Waals surface area contributed by atoms with Crippen molar-refractivity contribution < 1.29 is 4.79 Å². The molecule has 6 heteroatoms. The first kappa shape index (κ1) is 15.3. The number of piperazine rings is 1. The van der Waals surface area contributed by atoms with Gasteiger partial charge in [0.1, 0.15) is 0 Å². The zero-order valence-electron chi connectivity index (χ0n) is 12.5. The standard InChI is InChI=1S/C16H18ClN3OS/c1-12(21)19-6-8-20(9-7-19)16-18-11-14(22-16)10-13-4-2-3-5-15(13)17/h2-5,11H,6-10H2,1H3. The maximum Gasteiger partial charge on any atom is 0.219 e. The van der Waals surface area contributed by atoms with Gasteiger partial charge in [0, 0.05) is 55.6 Å². The minimum absolute atomic E-state index is 0.151. The van der Waals surface area contributed by atoms with Gasteiger partial charge in [0.05, 0.1) is 0 Å². The minimum Gasteiger partial charge on any atom is -0.345 e. The van der Waals surface area contributed by atoms with Crippen LogP contribution in [0.1, 0.15) is 17.4 Å². The highest BCUT2D eigenvalue weighted by Gasteiger charge is 2.20. The van der Waals surface area contributed by atoms with Crippen molar-refractivity contribution in [1.29, 1.82) is 0 Å². The molecule has 1 aromatic carbocycles. The van der Waals surface area contributed by atoms with Gasteiger partial charge in [0.25, 0.3) is 0 Å². The molecule has 0 atom stereocenters. The summed E-state index contributed by atoms with van der Waals surface area (Å²) in [4.78, 5) is 21.2. The quantitative estimate of drug-likeness (QED) is 0.865. The number of hydrogen-bond acceptors (Lipinski definition) is 4. The van der Waals surface area contributed by atoms with Gasteiger partial charge in [-0.1, -0.05) is 29.8 Å². The van der Waals surface area contributed by atoms with Crippen molar-refractivity contribution in [2.75, 3.05) is 31.1 Å². The fraction of sp³-hybridized carbons (Fsp3) is 0.375. The lowest BCUT2D eigenvalue weighted by Gasteiger charge is -2.33. The molecule has 3 rings (SSSR count). The molecule has 2 aromatic rings. The summed E-state index contributed by atoms with van der Waals surface area (Å²) in [5, 5.41) is 1.83. The van der Waals surface area contributed by atoms with Crippen LogP contribution in [0.2, 0.25) is 5.02 Å². The highest BCUT2D eigenvalue weighted by atomic mass is 35.5. The van der Waals surface area contributed by atoms with E-state index in [2.05, 4.69) is 9.88 Å². The number of carbonyl (C=O) groups excluding carboxylic acids is 1. The van der Waals surface area contributed by atoms with Crippen molar-refractivity contribution in [1.82, 2.24) is 9.88 Å². The predicted molar refractivity (Wildman–Crippen MR) is 90.8 cm³/mol. The third-order valence-corrected chi connectivity index (χ3v) is 5.29. The van der Waals surface area contributed by atoms with Crippen LogP contribution in [-0.2, 0) is 11.2 Å². The maximum absolute atomic E-state index is 11.4. The molecule has 0 N–H and O–H groups in total. The lowest BCUT2D eigenvalue weighted by molar-refractivity contribution is -0.129. The molecule has 1 amide bonds. The Hall–Kier alpha value is -1.59. The Balaban J connectivity index is 1.65. The first-order valence-electron chi connectivity index (χ1n) is 7.32. The molecule has 22 heavy (non-hydrogen) atoms. The summed E-state index contributed by atoms with van der Waals surface area (Å²) >= 11 is 7.92. The van der Waals surface area contributed by atoms with Crippen molar-refractivity contribution in [2.45, 2.75) is 13.3 Å². The van der Waals surface area contributed by atoms with E-state index in [0.29, 0.717) is 0 Å². The van der Waals surface area contributed by atoms with E-state index in [1.807, 2.05) is 35.4 Å². The van der Waals surface area contributed by atoms with Gasteiger partial charge in [-0.15, -0.1) is 11.3 Å². The van der Waals surface area contributed by atoms with Gasteiger partial charge in [-0.3, -0.25) is 4.79 Å². The van der Waals surface area contributed by atoms with E-state index in [1.165, 1.54) is 4.88 Å². The molecule has 0 unspecified atom stereocenters. The topological polar surface area (TPSA) is 36.4 Å². The predicted octanol–water partition coefficient (Wildman–Crippen LogP) is 3.06. The number of rotatable bonds is 3. The molecule has 2 heterocycles. The molecule has 1 aliphatic heterocycles. The number of amides is 1. The average molecular weight is 336 g/mol. The van der Waals surface area contributed by atoms with E-state index >= 15 is 0 Å². The fourth-order valence-electron chi connectivity index (χ4n) is 2.57. The van der Waals surface area contributed by atoms with Crippen LogP contribution in [0, 0.1) is 0 Å². The Bertz CT molecular complexity index is 665. The molecular formula is C16H18ClN3OS. The van der Waals surface area contributed by atoms with Crippen LogP contribution in [0.15, 0.2) is 30.5 Å². The number of nitrogens with zero attached hydrogens (tertiary/aromatic N) is 3. The Kier molecular flexibility index (Phi) is 4.64. The summed E-state index contributed by atoms with van der Waals surface area (Å²) in [5.74, 6) is 0.151. The molecule has 0 saturated carbocycles. The van der Waals surface area contributed by atoms with Gasteiger partial charge >= 0.3 is 0 Å². The van der Waals surface area contributed by atoms with E-state index in [4.69, 9.17) is 11.6 Å². The van der Waals surface area contributed by atoms with Crippen LogP contribution in [0.3, 0.4) is 0 Å². The number of hydrogen-bond donors (Lipinski definition) is 0. The molecule has 0 bridgehead atoms. The maximum atomic E-state index is 11.4. The van der Waals surface area contributed by atoms with Gasteiger partial charge in [-0.25, -0.2) is 4.98 Å². The molecule has 0 aliphatic carbocycles. The summed E-state index contributed by atoms with van der Waals surface area (Å²) < 4.78 is 0. The van der Waals surface area contributed by atoms with Crippen molar-refractivity contribution >= 4 is 34.0 Å². The van der Waals surface area contributed by atoms with Crippen LogP contribution in [0.4, 0.5) is 5.13 Å². The van der Waals surface area contributed by atoms with Crippen LogP contribution >= 0.6 is 22.9 Å². The zero-order valence-corrected chi connectivity index (χ0v) is 14.0. The van der Waals surface area contributed by atoms with Gasteiger partial charge in [0.15, 0.2) is 5.13 Å². The largest absolute Gasteiger partial charge is 0.345 e.